The van der Waals surface area contributed by atoms with Gasteiger partial charge in [-0.25, -0.2) is 4.79 Å². The van der Waals surface area contributed by atoms with Crippen molar-refractivity contribution in [2.75, 3.05) is 19.5 Å². The number of carbonyl (C=O) groups is 1. The second-order valence-electron chi connectivity index (χ2n) is 5.77. The molecule has 0 aliphatic carbocycles. The van der Waals surface area contributed by atoms with Crippen LogP contribution in [0.15, 0.2) is 47.5 Å². The number of methoxy groups -OCH3 is 1. The molecule has 3 N–H and O–H groups in total. The third-order valence-electron chi connectivity index (χ3n) is 3.85. The van der Waals surface area contributed by atoms with E-state index in [0.29, 0.717) is 28.2 Å². The Morgan fingerprint density at radius 1 is 1.18 bits per heavy atom. The lowest BCUT2D eigenvalue weighted by Gasteiger charge is -2.19. The number of guanidine groups is 1. The number of amides is 1. The summed E-state index contributed by atoms with van der Waals surface area (Å²) in [7, 11) is 3.03. The average Bonchev–Trinajstić information content (AvgIpc) is 2.65. The van der Waals surface area contributed by atoms with Gasteiger partial charge in [0.1, 0.15) is 0 Å². The van der Waals surface area contributed by atoms with Gasteiger partial charge in [-0.2, -0.15) is 0 Å². The SMILES string of the molecule is CN=C(NCc1ccc(NC(=O)OC)cc1)NC(C)c1ccc(Cl)cc1Cl.I. The van der Waals surface area contributed by atoms with Crippen LogP contribution in [0.25, 0.3) is 0 Å². The molecule has 2 rings (SSSR count). The molecule has 6 nitrogen and oxygen atoms in total. The zero-order valence-corrected chi connectivity index (χ0v) is 19.6. The number of benzene rings is 2. The van der Waals surface area contributed by atoms with Crippen molar-refractivity contribution in [3.05, 3.63) is 63.6 Å². The van der Waals surface area contributed by atoms with E-state index in [9.17, 15) is 4.79 Å². The Labute approximate surface area is 192 Å². The molecule has 1 amide bonds. The summed E-state index contributed by atoms with van der Waals surface area (Å²) >= 11 is 12.2. The Kier molecular flexibility index (Phi) is 10.4. The molecule has 0 aliphatic rings. The summed E-state index contributed by atoms with van der Waals surface area (Å²) in [5, 5.41) is 10.4. The number of aliphatic imine (C=N–C) groups is 1. The van der Waals surface area contributed by atoms with Crippen LogP contribution in [0.5, 0.6) is 0 Å². The molecule has 28 heavy (non-hydrogen) atoms. The maximum absolute atomic E-state index is 11.2. The van der Waals surface area contributed by atoms with Gasteiger partial charge in [0.05, 0.1) is 13.2 Å². The van der Waals surface area contributed by atoms with Gasteiger partial charge in [-0.15, -0.1) is 24.0 Å². The van der Waals surface area contributed by atoms with Gasteiger partial charge < -0.3 is 15.4 Å². The molecule has 9 heteroatoms. The zero-order chi connectivity index (χ0) is 19.8. The lowest BCUT2D eigenvalue weighted by molar-refractivity contribution is 0.187. The van der Waals surface area contributed by atoms with E-state index in [1.165, 1.54) is 7.11 Å². The van der Waals surface area contributed by atoms with Crippen molar-refractivity contribution in [3.63, 3.8) is 0 Å². The molecule has 2 aromatic carbocycles. The fraction of sp³-hybridized carbons (Fsp3) is 0.263. The Morgan fingerprint density at radius 3 is 2.43 bits per heavy atom. The molecule has 0 aromatic heterocycles. The smallest absolute Gasteiger partial charge is 0.411 e. The van der Waals surface area contributed by atoms with Gasteiger partial charge in [0.15, 0.2) is 5.96 Å². The van der Waals surface area contributed by atoms with Crippen LogP contribution < -0.4 is 16.0 Å². The Hall–Kier alpha value is -1.71. The van der Waals surface area contributed by atoms with E-state index in [4.69, 9.17) is 23.2 Å². The number of nitrogens with zero attached hydrogens (tertiary/aromatic N) is 1. The molecular weight excluding hydrogens is 514 g/mol. The molecule has 1 unspecified atom stereocenters. The molecule has 2 aromatic rings. The largest absolute Gasteiger partial charge is 0.453 e. The third kappa shape index (κ3) is 7.37. The number of hydrogen-bond donors (Lipinski definition) is 3. The highest BCUT2D eigenvalue weighted by Gasteiger charge is 2.12. The monoisotopic (exact) mass is 536 g/mol. The molecule has 0 saturated heterocycles. The topological polar surface area (TPSA) is 74.8 Å². The predicted octanol–water partition coefficient (Wildman–Crippen LogP) is 5.22. The molecule has 152 valence electrons. The van der Waals surface area contributed by atoms with Crippen LogP contribution in [0.3, 0.4) is 0 Å². The highest BCUT2D eigenvalue weighted by Crippen LogP contribution is 2.26. The fourth-order valence-corrected chi connectivity index (χ4v) is 2.96. The molecule has 0 fully saturated rings. The Morgan fingerprint density at radius 2 is 1.86 bits per heavy atom. The first-order valence-corrected chi connectivity index (χ1v) is 9.04. The molecule has 0 bridgehead atoms. The molecule has 0 radical (unpaired) electrons. The number of nitrogens with one attached hydrogen (secondary N) is 3. The summed E-state index contributed by atoms with van der Waals surface area (Å²) in [4.78, 5) is 15.4. The van der Waals surface area contributed by atoms with Gasteiger partial charge >= 0.3 is 6.09 Å². The molecule has 0 aliphatic heterocycles. The van der Waals surface area contributed by atoms with Crippen molar-refractivity contribution in [1.82, 2.24) is 10.6 Å². The number of rotatable bonds is 5. The summed E-state index contributed by atoms with van der Waals surface area (Å²) in [5.41, 5.74) is 2.63. The summed E-state index contributed by atoms with van der Waals surface area (Å²) in [5.74, 6) is 0.644. The van der Waals surface area contributed by atoms with Crippen LogP contribution in [-0.4, -0.2) is 26.2 Å². The number of halogens is 3. The molecule has 0 spiro atoms. The molecular formula is C19H23Cl2IN4O2. The summed E-state index contributed by atoms with van der Waals surface area (Å²) < 4.78 is 4.56. The van der Waals surface area contributed by atoms with Crippen LogP contribution in [0.4, 0.5) is 10.5 Å². The van der Waals surface area contributed by atoms with E-state index < -0.39 is 6.09 Å². The number of anilines is 1. The van der Waals surface area contributed by atoms with Gasteiger partial charge in [0.2, 0.25) is 0 Å². The van der Waals surface area contributed by atoms with Crippen molar-refractivity contribution in [3.8, 4) is 0 Å². The van der Waals surface area contributed by atoms with E-state index >= 15 is 0 Å². The van der Waals surface area contributed by atoms with E-state index in [2.05, 4.69) is 25.7 Å². The number of ether oxygens (including phenoxy) is 1. The van der Waals surface area contributed by atoms with Crippen molar-refractivity contribution in [1.29, 1.82) is 0 Å². The van der Waals surface area contributed by atoms with E-state index in [1.54, 1.807) is 31.3 Å². The molecule has 0 saturated carbocycles. The number of hydrogen-bond acceptors (Lipinski definition) is 3. The van der Waals surface area contributed by atoms with Gasteiger partial charge in [-0.3, -0.25) is 10.3 Å². The van der Waals surface area contributed by atoms with Gasteiger partial charge in [-0.05, 0) is 42.3 Å². The average molecular weight is 537 g/mol. The first kappa shape index (κ1) is 24.3. The minimum absolute atomic E-state index is 0. The highest BCUT2D eigenvalue weighted by atomic mass is 127. The first-order valence-electron chi connectivity index (χ1n) is 8.29. The highest BCUT2D eigenvalue weighted by molar-refractivity contribution is 14.0. The van der Waals surface area contributed by atoms with Crippen molar-refractivity contribution >= 4 is 64.9 Å². The minimum Gasteiger partial charge on any atom is -0.453 e. The minimum atomic E-state index is -0.500. The van der Waals surface area contributed by atoms with Gasteiger partial charge in [-0.1, -0.05) is 41.4 Å². The van der Waals surface area contributed by atoms with E-state index in [-0.39, 0.29) is 30.0 Å². The standard InChI is InChI=1S/C19H22Cl2N4O2.HI/c1-12(16-9-6-14(20)10-17(16)21)24-18(22-2)23-11-13-4-7-15(8-5-13)25-19(26)27-3;/h4-10,12H,11H2,1-3H3,(H,25,26)(H2,22,23,24);1H. The summed E-state index contributed by atoms with van der Waals surface area (Å²) in [6, 6.07) is 12.8. The van der Waals surface area contributed by atoms with Gasteiger partial charge in [0.25, 0.3) is 0 Å². The molecule has 1 atom stereocenters. The lowest BCUT2D eigenvalue weighted by atomic mass is 10.1. The van der Waals surface area contributed by atoms with E-state index in [0.717, 1.165) is 11.1 Å². The Balaban J connectivity index is 0.00000392. The normalized spacial score (nSPS) is 11.8. The Bertz CT molecular complexity index is 816. The fourth-order valence-electron chi connectivity index (χ4n) is 2.39. The van der Waals surface area contributed by atoms with Crippen LogP contribution >= 0.6 is 47.2 Å². The maximum Gasteiger partial charge on any atom is 0.411 e. The van der Waals surface area contributed by atoms with E-state index in [1.807, 2.05) is 25.1 Å². The zero-order valence-electron chi connectivity index (χ0n) is 15.8. The van der Waals surface area contributed by atoms with Crippen molar-refractivity contribution < 1.29 is 9.53 Å². The van der Waals surface area contributed by atoms with Crippen LogP contribution in [0, 0.1) is 0 Å². The van der Waals surface area contributed by atoms with Crippen molar-refractivity contribution in [2.24, 2.45) is 4.99 Å². The van der Waals surface area contributed by atoms with Crippen LogP contribution in [0.1, 0.15) is 24.1 Å². The van der Waals surface area contributed by atoms with Crippen LogP contribution in [0.2, 0.25) is 10.0 Å². The predicted molar refractivity (Wildman–Crippen MR) is 126 cm³/mol. The summed E-state index contributed by atoms with van der Waals surface area (Å²) in [6.45, 7) is 2.56. The molecule has 0 heterocycles. The summed E-state index contributed by atoms with van der Waals surface area (Å²) in [6.07, 6.45) is -0.500. The first-order chi connectivity index (χ1) is 12.9. The second kappa shape index (κ2) is 12.0. The third-order valence-corrected chi connectivity index (χ3v) is 4.41. The second-order valence-corrected chi connectivity index (χ2v) is 6.61. The quantitative estimate of drug-likeness (QED) is 0.278. The van der Waals surface area contributed by atoms with Gasteiger partial charge in [0, 0.05) is 29.3 Å². The van der Waals surface area contributed by atoms with Crippen molar-refractivity contribution in [2.45, 2.75) is 19.5 Å². The maximum atomic E-state index is 11.2. The van der Waals surface area contributed by atoms with Crippen LogP contribution in [-0.2, 0) is 11.3 Å². The lowest BCUT2D eigenvalue weighted by Crippen LogP contribution is -2.38. The number of carbonyl (C=O) groups excluding carboxylic acids is 1.